The minimum absolute atomic E-state index is 0.0774. The van der Waals surface area contributed by atoms with Crippen molar-refractivity contribution in [3.63, 3.8) is 0 Å². The molecule has 0 aromatic heterocycles. The summed E-state index contributed by atoms with van der Waals surface area (Å²) in [6.07, 6.45) is 0. The minimum Gasteiger partial charge on any atom is -0.323 e. The van der Waals surface area contributed by atoms with Gasteiger partial charge in [0.15, 0.2) is 0 Å². The van der Waals surface area contributed by atoms with E-state index in [0.717, 1.165) is 9.87 Å². The van der Waals surface area contributed by atoms with Gasteiger partial charge in [-0.25, -0.2) is 8.42 Å². The number of hydrogen-bond donors (Lipinski definition) is 1. The Balaban J connectivity index is 1.96. The second-order valence-corrected chi connectivity index (χ2v) is 9.04. The van der Waals surface area contributed by atoms with Crippen molar-refractivity contribution in [2.24, 2.45) is 0 Å². The van der Waals surface area contributed by atoms with Crippen LogP contribution in [0.3, 0.4) is 0 Å². The molecule has 3 aromatic rings. The van der Waals surface area contributed by atoms with E-state index in [1.54, 1.807) is 54.6 Å². The Morgan fingerprint density at radius 2 is 1.66 bits per heavy atom. The number of aryl methyl sites for hydroxylation is 1. The third-order valence-electron chi connectivity index (χ3n) is 4.14. The number of para-hydroxylation sites is 1. The van der Waals surface area contributed by atoms with E-state index in [0.29, 0.717) is 15.7 Å². The van der Waals surface area contributed by atoms with E-state index in [-0.39, 0.29) is 10.6 Å². The van der Waals surface area contributed by atoms with Gasteiger partial charge >= 0.3 is 0 Å². The largest absolute Gasteiger partial charge is 0.323 e. The van der Waals surface area contributed by atoms with E-state index in [1.165, 1.54) is 18.2 Å². The summed E-state index contributed by atoms with van der Waals surface area (Å²) < 4.78 is 27.6. The van der Waals surface area contributed by atoms with Gasteiger partial charge in [-0.1, -0.05) is 59.1 Å². The van der Waals surface area contributed by atoms with Crippen LogP contribution < -0.4 is 9.62 Å². The average Bonchev–Trinajstić information content (AvgIpc) is 2.68. The lowest BCUT2D eigenvalue weighted by molar-refractivity contribution is -0.114. The van der Waals surface area contributed by atoms with Crippen LogP contribution >= 0.6 is 23.2 Å². The molecule has 0 atom stereocenters. The molecule has 0 aliphatic rings. The fourth-order valence-corrected chi connectivity index (χ4v) is 4.45. The van der Waals surface area contributed by atoms with Crippen LogP contribution in [0.4, 0.5) is 11.4 Å². The third kappa shape index (κ3) is 5.09. The molecule has 3 rings (SSSR count). The maximum atomic E-state index is 13.3. The molecule has 0 saturated heterocycles. The number of hydrogen-bond acceptors (Lipinski definition) is 3. The fourth-order valence-electron chi connectivity index (χ4n) is 2.67. The quantitative estimate of drug-likeness (QED) is 0.567. The number of nitrogens with zero attached hydrogens (tertiary/aromatic N) is 1. The Morgan fingerprint density at radius 3 is 2.31 bits per heavy atom. The SMILES string of the molecule is Cc1ccc(S(=O)(=O)N(CC(=O)Nc2ccccc2Cl)c2cccc(Cl)c2)cc1. The van der Waals surface area contributed by atoms with E-state index in [1.807, 2.05) is 6.92 Å². The van der Waals surface area contributed by atoms with Crippen molar-refractivity contribution in [1.29, 1.82) is 0 Å². The van der Waals surface area contributed by atoms with Crippen LogP contribution in [0, 0.1) is 6.92 Å². The van der Waals surface area contributed by atoms with Crippen molar-refractivity contribution < 1.29 is 13.2 Å². The molecule has 3 aromatic carbocycles. The molecule has 150 valence electrons. The molecular weight excluding hydrogens is 431 g/mol. The van der Waals surface area contributed by atoms with Crippen LogP contribution in [-0.4, -0.2) is 20.9 Å². The molecule has 0 bridgehead atoms. The van der Waals surface area contributed by atoms with Crippen molar-refractivity contribution >= 4 is 50.5 Å². The lowest BCUT2D eigenvalue weighted by Gasteiger charge is -2.24. The molecule has 0 radical (unpaired) electrons. The fraction of sp³-hybridized carbons (Fsp3) is 0.0952. The number of anilines is 2. The minimum atomic E-state index is -4.00. The Morgan fingerprint density at radius 1 is 0.966 bits per heavy atom. The van der Waals surface area contributed by atoms with Crippen molar-refractivity contribution in [3.8, 4) is 0 Å². The summed E-state index contributed by atoms with van der Waals surface area (Å²) in [5.41, 5.74) is 1.61. The van der Waals surface area contributed by atoms with Crippen LogP contribution in [0.2, 0.25) is 10.0 Å². The number of halogens is 2. The molecule has 0 unspecified atom stereocenters. The first-order chi connectivity index (χ1) is 13.8. The number of carbonyl (C=O) groups excluding carboxylic acids is 1. The van der Waals surface area contributed by atoms with Gasteiger partial charge in [0.2, 0.25) is 5.91 Å². The van der Waals surface area contributed by atoms with Gasteiger partial charge in [-0.2, -0.15) is 0 Å². The zero-order valence-corrected chi connectivity index (χ0v) is 17.8. The number of sulfonamides is 1. The molecule has 1 amide bonds. The molecule has 1 N–H and O–H groups in total. The van der Waals surface area contributed by atoms with Crippen LogP contribution in [-0.2, 0) is 14.8 Å². The highest BCUT2D eigenvalue weighted by Crippen LogP contribution is 2.27. The smallest absolute Gasteiger partial charge is 0.264 e. The standard InChI is InChI=1S/C21H18Cl2N2O3S/c1-15-9-11-18(12-10-15)29(27,28)25(17-6-4-5-16(22)13-17)14-21(26)24-20-8-3-2-7-19(20)23/h2-13H,14H2,1H3,(H,24,26). The summed E-state index contributed by atoms with van der Waals surface area (Å²) in [6.45, 7) is 1.42. The summed E-state index contributed by atoms with van der Waals surface area (Å²) >= 11 is 12.1. The predicted octanol–water partition coefficient (Wildman–Crippen LogP) is 5.14. The topological polar surface area (TPSA) is 66.5 Å². The molecule has 0 aliphatic carbocycles. The molecule has 0 heterocycles. The second kappa shape index (κ2) is 8.86. The van der Waals surface area contributed by atoms with Crippen molar-refractivity contribution in [1.82, 2.24) is 0 Å². The zero-order valence-electron chi connectivity index (χ0n) is 15.5. The monoisotopic (exact) mass is 448 g/mol. The highest BCUT2D eigenvalue weighted by molar-refractivity contribution is 7.92. The Bertz CT molecular complexity index is 1130. The first-order valence-corrected chi connectivity index (χ1v) is 10.9. The highest BCUT2D eigenvalue weighted by atomic mass is 35.5. The highest BCUT2D eigenvalue weighted by Gasteiger charge is 2.27. The molecule has 0 fully saturated rings. The molecule has 29 heavy (non-hydrogen) atoms. The van der Waals surface area contributed by atoms with Crippen LogP contribution in [0.1, 0.15) is 5.56 Å². The molecule has 0 saturated carbocycles. The summed E-state index contributed by atoms with van der Waals surface area (Å²) in [5, 5.41) is 3.37. The average molecular weight is 449 g/mol. The second-order valence-electron chi connectivity index (χ2n) is 6.33. The van der Waals surface area contributed by atoms with E-state index in [4.69, 9.17) is 23.2 Å². The van der Waals surface area contributed by atoms with Gasteiger partial charge in [0.05, 0.1) is 21.3 Å². The lowest BCUT2D eigenvalue weighted by atomic mass is 10.2. The van der Waals surface area contributed by atoms with Crippen molar-refractivity contribution in [2.75, 3.05) is 16.2 Å². The van der Waals surface area contributed by atoms with Crippen molar-refractivity contribution in [2.45, 2.75) is 11.8 Å². The zero-order chi connectivity index (χ0) is 21.0. The first-order valence-electron chi connectivity index (χ1n) is 8.67. The normalized spacial score (nSPS) is 11.1. The van der Waals surface area contributed by atoms with Gasteiger partial charge in [-0.05, 0) is 49.4 Å². The van der Waals surface area contributed by atoms with E-state index in [9.17, 15) is 13.2 Å². The molecule has 5 nitrogen and oxygen atoms in total. The number of benzene rings is 3. The first kappa shape index (κ1) is 21.2. The van der Waals surface area contributed by atoms with Gasteiger partial charge in [-0.3, -0.25) is 9.10 Å². The lowest BCUT2D eigenvalue weighted by Crippen LogP contribution is -2.38. The van der Waals surface area contributed by atoms with E-state index >= 15 is 0 Å². The molecule has 0 spiro atoms. The van der Waals surface area contributed by atoms with E-state index in [2.05, 4.69) is 5.32 Å². The van der Waals surface area contributed by atoms with Crippen LogP contribution in [0.25, 0.3) is 0 Å². The third-order valence-corrected chi connectivity index (χ3v) is 6.49. The number of nitrogens with one attached hydrogen (secondary N) is 1. The van der Waals surface area contributed by atoms with Crippen molar-refractivity contribution in [3.05, 3.63) is 88.4 Å². The molecule has 8 heteroatoms. The van der Waals surface area contributed by atoms with E-state index < -0.39 is 22.5 Å². The Kier molecular flexibility index (Phi) is 6.47. The molecular formula is C21H18Cl2N2O3S. The number of rotatable bonds is 6. The number of carbonyl (C=O) groups is 1. The van der Waals surface area contributed by atoms with Gasteiger partial charge in [0, 0.05) is 5.02 Å². The maximum absolute atomic E-state index is 13.3. The maximum Gasteiger partial charge on any atom is 0.264 e. The van der Waals surface area contributed by atoms with Crippen LogP contribution in [0.15, 0.2) is 77.7 Å². The Labute approximate surface area is 179 Å². The molecule has 0 aliphatic heterocycles. The van der Waals surface area contributed by atoms with Gasteiger partial charge < -0.3 is 5.32 Å². The predicted molar refractivity (Wildman–Crippen MR) is 117 cm³/mol. The summed E-state index contributed by atoms with van der Waals surface area (Å²) in [5.74, 6) is -0.534. The Hall–Kier alpha value is -2.54. The summed E-state index contributed by atoms with van der Waals surface area (Å²) in [6, 6.07) is 19.5. The number of amides is 1. The van der Waals surface area contributed by atoms with Crippen LogP contribution in [0.5, 0.6) is 0 Å². The summed E-state index contributed by atoms with van der Waals surface area (Å²) in [4.78, 5) is 12.7. The van der Waals surface area contributed by atoms with Gasteiger partial charge in [0.1, 0.15) is 6.54 Å². The van der Waals surface area contributed by atoms with Gasteiger partial charge in [-0.15, -0.1) is 0 Å². The van der Waals surface area contributed by atoms with Gasteiger partial charge in [0.25, 0.3) is 10.0 Å². The summed E-state index contributed by atoms with van der Waals surface area (Å²) in [7, 11) is -4.00.